The molecule has 0 saturated heterocycles. The van der Waals surface area contributed by atoms with Crippen LogP contribution in [0, 0.1) is 5.82 Å². The minimum absolute atomic E-state index is 0.197. The van der Waals surface area contributed by atoms with Gasteiger partial charge in [-0.3, -0.25) is 0 Å². The smallest absolute Gasteiger partial charge is 0.211 e. The van der Waals surface area contributed by atoms with Gasteiger partial charge in [0, 0.05) is 6.54 Å². The molecule has 0 radical (unpaired) electrons. The lowest BCUT2D eigenvalue weighted by Gasteiger charge is -2.07. The van der Waals surface area contributed by atoms with Crippen molar-refractivity contribution in [2.45, 2.75) is 11.8 Å². The first-order valence-corrected chi connectivity index (χ1v) is 6.27. The maximum absolute atomic E-state index is 13.2. The van der Waals surface area contributed by atoms with Crippen LogP contribution in [0.3, 0.4) is 0 Å². The zero-order valence-corrected chi connectivity index (χ0v) is 10.0. The third kappa shape index (κ3) is 2.60. The number of benzene rings is 1. The van der Waals surface area contributed by atoms with Crippen molar-refractivity contribution in [3.8, 4) is 0 Å². The molecule has 0 aliphatic carbocycles. The Hall–Kier alpha value is -0.360. The number of sulfonamides is 1. The minimum Gasteiger partial charge on any atom is -0.211 e. The average molecular weight is 272 g/mol. The topological polar surface area (TPSA) is 46.2 Å². The molecule has 0 saturated carbocycles. The molecule has 0 fully saturated rings. The highest BCUT2D eigenvalue weighted by Crippen LogP contribution is 2.29. The van der Waals surface area contributed by atoms with Crippen LogP contribution in [0.1, 0.15) is 6.92 Å². The highest BCUT2D eigenvalue weighted by molar-refractivity contribution is 7.89. The summed E-state index contributed by atoms with van der Waals surface area (Å²) < 4.78 is 38.4. The average Bonchev–Trinajstić information content (AvgIpc) is 2.13. The van der Waals surface area contributed by atoms with E-state index in [0.717, 1.165) is 12.1 Å². The summed E-state index contributed by atoms with van der Waals surface area (Å²) in [6.07, 6.45) is 0. The Kier molecular flexibility index (Phi) is 3.94. The molecule has 7 heteroatoms. The first-order valence-electron chi connectivity index (χ1n) is 4.03. The third-order valence-corrected chi connectivity index (χ3v) is 3.99. The molecule has 1 N–H and O–H groups in total. The van der Waals surface area contributed by atoms with Gasteiger partial charge in [-0.1, -0.05) is 30.1 Å². The molecule has 0 amide bonds. The lowest BCUT2D eigenvalue weighted by molar-refractivity contribution is 0.580. The van der Waals surface area contributed by atoms with Gasteiger partial charge in [0.1, 0.15) is 4.90 Å². The van der Waals surface area contributed by atoms with E-state index in [-0.39, 0.29) is 16.5 Å². The summed E-state index contributed by atoms with van der Waals surface area (Å²) in [5.41, 5.74) is 0. The van der Waals surface area contributed by atoms with Crippen molar-refractivity contribution in [1.82, 2.24) is 4.72 Å². The van der Waals surface area contributed by atoms with Gasteiger partial charge in [0.25, 0.3) is 0 Å². The lowest BCUT2D eigenvalue weighted by Crippen LogP contribution is -2.23. The van der Waals surface area contributed by atoms with Gasteiger partial charge < -0.3 is 0 Å². The van der Waals surface area contributed by atoms with E-state index < -0.39 is 20.9 Å². The predicted octanol–water partition coefficient (Wildman–Crippen LogP) is 2.43. The molecule has 3 nitrogen and oxygen atoms in total. The second-order valence-corrected chi connectivity index (χ2v) is 5.20. The first kappa shape index (κ1) is 12.7. The van der Waals surface area contributed by atoms with Crippen LogP contribution in [0.4, 0.5) is 4.39 Å². The standard InChI is InChI=1S/C8H8Cl2FNO2S/c1-2-12-15(13,14)6-4-3-5(9)8(11)7(6)10/h3-4,12H,2H2,1H3. The Labute approximate surface area is 97.2 Å². The van der Waals surface area contributed by atoms with E-state index in [1.165, 1.54) is 0 Å². The first-order chi connectivity index (χ1) is 6.90. The van der Waals surface area contributed by atoms with Crippen LogP contribution in [0.5, 0.6) is 0 Å². The van der Waals surface area contributed by atoms with E-state index in [4.69, 9.17) is 23.2 Å². The summed E-state index contributed by atoms with van der Waals surface area (Å²) in [4.78, 5) is -0.312. The fourth-order valence-electron chi connectivity index (χ4n) is 0.983. The highest BCUT2D eigenvalue weighted by atomic mass is 35.5. The Bertz CT molecular complexity index is 476. The van der Waals surface area contributed by atoms with Crippen molar-refractivity contribution < 1.29 is 12.8 Å². The van der Waals surface area contributed by atoms with Crippen molar-refractivity contribution in [3.05, 3.63) is 28.0 Å². The molecule has 0 heterocycles. The summed E-state index contributed by atoms with van der Waals surface area (Å²) in [6, 6.07) is 2.30. The molecule has 0 atom stereocenters. The maximum atomic E-state index is 13.2. The monoisotopic (exact) mass is 271 g/mol. The Morgan fingerprint density at radius 3 is 2.53 bits per heavy atom. The van der Waals surface area contributed by atoms with E-state index in [0.29, 0.717) is 0 Å². The minimum atomic E-state index is -3.76. The zero-order valence-electron chi connectivity index (χ0n) is 7.72. The maximum Gasteiger partial charge on any atom is 0.242 e. The van der Waals surface area contributed by atoms with Crippen molar-refractivity contribution in [1.29, 1.82) is 0 Å². The Balaban J connectivity index is 3.34. The van der Waals surface area contributed by atoms with Gasteiger partial charge in [-0.15, -0.1) is 0 Å². The molecule has 0 unspecified atom stereocenters. The van der Waals surface area contributed by atoms with Crippen molar-refractivity contribution in [2.24, 2.45) is 0 Å². The normalized spacial score (nSPS) is 11.7. The van der Waals surface area contributed by atoms with Gasteiger partial charge >= 0.3 is 0 Å². The number of hydrogen-bond acceptors (Lipinski definition) is 2. The third-order valence-electron chi connectivity index (χ3n) is 1.62. The summed E-state index contributed by atoms with van der Waals surface area (Å²) >= 11 is 11.0. The molecular weight excluding hydrogens is 264 g/mol. The molecule has 0 aliphatic heterocycles. The van der Waals surface area contributed by atoms with E-state index in [9.17, 15) is 12.8 Å². The van der Waals surface area contributed by atoms with Crippen LogP contribution in [0.25, 0.3) is 0 Å². The van der Waals surface area contributed by atoms with Gasteiger partial charge in [0.05, 0.1) is 10.0 Å². The molecule has 0 spiro atoms. The lowest BCUT2D eigenvalue weighted by atomic mass is 10.3. The fourth-order valence-corrected chi connectivity index (χ4v) is 2.77. The molecule has 84 valence electrons. The molecule has 1 aromatic carbocycles. The van der Waals surface area contributed by atoms with E-state index in [1.54, 1.807) is 6.92 Å². The van der Waals surface area contributed by atoms with E-state index in [2.05, 4.69) is 4.72 Å². The number of halogens is 3. The SMILES string of the molecule is CCNS(=O)(=O)c1ccc(Cl)c(F)c1Cl. The Morgan fingerprint density at radius 2 is 2.00 bits per heavy atom. The second kappa shape index (κ2) is 4.65. The van der Waals surface area contributed by atoms with Crippen molar-refractivity contribution in [2.75, 3.05) is 6.54 Å². The van der Waals surface area contributed by atoms with Crippen LogP contribution >= 0.6 is 23.2 Å². The molecular formula is C8H8Cl2FNO2S. The van der Waals surface area contributed by atoms with Crippen LogP contribution in [0.15, 0.2) is 17.0 Å². The molecule has 0 aromatic heterocycles. The van der Waals surface area contributed by atoms with Crippen LogP contribution in [-0.2, 0) is 10.0 Å². The van der Waals surface area contributed by atoms with Crippen LogP contribution in [0.2, 0.25) is 10.0 Å². The Morgan fingerprint density at radius 1 is 1.40 bits per heavy atom. The van der Waals surface area contributed by atoms with Gasteiger partial charge in [0.2, 0.25) is 10.0 Å². The molecule has 15 heavy (non-hydrogen) atoms. The van der Waals surface area contributed by atoms with E-state index in [1.807, 2.05) is 0 Å². The van der Waals surface area contributed by atoms with Gasteiger partial charge in [-0.05, 0) is 12.1 Å². The molecule has 0 bridgehead atoms. The van der Waals surface area contributed by atoms with Crippen molar-refractivity contribution in [3.63, 3.8) is 0 Å². The van der Waals surface area contributed by atoms with E-state index >= 15 is 0 Å². The van der Waals surface area contributed by atoms with Gasteiger partial charge in [-0.25, -0.2) is 17.5 Å². The number of rotatable bonds is 3. The summed E-state index contributed by atoms with van der Waals surface area (Å²) in [6.45, 7) is 1.81. The fraction of sp³-hybridized carbons (Fsp3) is 0.250. The molecule has 1 rings (SSSR count). The molecule has 0 aliphatic rings. The quantitative estimate of drug-likeness (QED) is 0.859. The van der Waals surface area contributed by atoms with Gasteiger partial charge in [-0.2, -0.15) is 0 Å². The highest BCUT2D eigenvalue weighted by Gasteiger charge is 2.20. The summed E-state index contributed by atoms with van der Waals surface area (Å²) in [5, 5.41) is -0.709. The number of hydrogen-bond donors (Lipinski definition) is 1. The predicted molar refractivity (Wildman–Crippen MR) is 57.3 cm³/mol. The van der Waals surface area contributed by atoms with Crippen LogP contribution in [-0.4, -0.2) is 15.0 Å². The summed E-state index contributed by atoms with van der Waals surface area (Å²) in [7, 11) is -3.76. The number of nitrogens with one attached hydrogen (secondary N) is 1. The largest absolute Gasteiger partial charge is 0.242 e. The van der Waals surface area contributed by atoms with Crippen LogP contribution < -0.4 is 4.72 Å². The summed E-state index contributed by atoms with van der Waals surface area (Å²) in [5.74, 6) is -0.933. The van der Waals surface area contributed by atoms with Gasteiger partial charge in [0.15, 0.2) is 5.82 Å². The zero-order chi connectivity index (χ0) is 11.6. The molecule has 1 aromatic rings. The van der Waals surface area contributed by atoms with Crippen molar-refractivity contribution >= 4 is 33.2 Å². The second-order valence-electron chi connectivity index (χ2n) is 2.67.